The van der Waals surface area contributed by atoms with Crippen molar-refractivity contribution in [2.75, 3.05) is 26.0 Å². The Bertz CT molecular complexity index is 2000. The fourth-order valence-corrected chi connectivity index (χ4v) is 10.3. The number of aromatic nitrogens is 5. The molecule has 4 aromatic heterocycles. The van der Waals surface area contributed by atoms with Gasteiger partial charge in [0, 0.05) is 41.6 Å². The predicted molar refractivity (Wildman–Crippen MR) is 182 cm³/mol. The van der Waals surface area contributed by atoms with Gasteiger partial charge in [-0.1, -0.05) is 12.1 Å². The number of thiophene rings is 1. The Morgan fingerprint density at radius 1 is 1.15 bits per heavy atom. The van der Waals surface area contributed by atoms with E-state index in [-0.39, 0.29) is 23.9 Å². The normalized spacial score (nSPS) is 28.0. The van der Waals surface area contributed by atoms with Crippen molar-refractivity contribution in [1.29, 1.82) is 5.26 Å². The Balaban J connectivity index is 1.30. The highest BCUT2D eigenvalue weighted by molar-refractivity contribution is 7.16. The van der Waals surface area contributed by atoms with E-state index in [2.05, 4.69) is 38.8 Å². The summed E-state index contributed by atoms with van der Waals surface area (Å²) in [6.45, 7) is 7.58. The van der Waals surface area contributed by atoms with Gasteiger partial charge in [0.25, 0.3) is 0 Å². The Morgan fingerprint density at radius 3 is 2.67 bits per heavy atom. The zero-order chi connectivity index (χ0) is 33.5. The number of fused-ring (bicyclic) bond motifs is 5. The number of hydrogen-bond acceptors (Lipinski definition) is 11. The molecule has 254 valence electrons. The molecule has 0 bridgehead atoms. The molecule has 13 heteroatoms. The van der Waals surface area contributed by atoms with Crippen LogP contribution in [0, 0.1) is 17.2 Å². The van der Waals surface area contributed by atoms with E-state index in [0.29, 0.717) is 64.4 Å². The van der Waals surface area contributed by atoms with Crippen molar-refractivity contribution in [1.82, 2.24) is 29.2 Å². The second-order valence-corrected chi connectivity index (χ2v) is 15.8. The van der Waals surface area contributed by atoms with Gasteiger partial charge in [0.2, 0.25) is 17.5 Å². The van der Waals surface area contributed by atoms with Crippen molar-refractivity contribution in [3.8, 4) is 23.5 Å². The van der Waals surface area contributed by atoms with E-state index in [9.17, 15) is 10.1 Å². The number of ether oxygens (including phenoxy) is 2. The molecule has 6 heterocycles. The first-order chi connectivity index (χ1) is 23.1. The number of hydrogen-bond donors (Lipinski definition) is 1. The quantitative estimate of drug-likeness (QED) is 0.303. The summed E-state index contributed by atoms with van der Waals surface area (Å²) in [5.74, 6) is 1.53. The van der Waals surface area contributed by atoms with Crippen molar-refractivity contribution in [2.45, 2.75) is 108 Å². The van der Waals surface area contributed by atoms with E-state index in [1.54, 1.807) is 16.2 Å². The van der Waals surface area contributed by atoms with Crippen LogP contribution in [0.15, 0.2) is 9.32 Å². The second-order valence-electron chi connectivity index (χ2n) is 14.6. The predicted octanol–water partition coefficient (Wildman–Crippen LogP) is 5.11. The molecule has 2 saturated heterocycles. The third kappa shape index (κ3) is 4.66. The van der Waals surface area contributed by atoms with Gasteiger partial charge in [0.1, 0.15) is 17.2 Å². The van der Waals surface area contributed by atoms with Crippen LogP contribution >= 0.6 is 11.3 Å². The summed E-state index contributed by atoms with van der Waals surface area (Å²) in [6.07, 6.45) is 8.07. The number of nitrogens with zero attached hydrogens (tertiary/aromatic N) is 7. The molecule has 48 heavy (non-hydrogen) atoms. The number of aryl methyl sites for hydroxylation is 2. The van der Waals surface area contributed by atoms with E-state index >= 15 is 0 Å². The molecule has 4 aromatic rings. The summed E-state index contributed by atoms with van der Waals surface area (Å²) in [4.78, 5) is 27.6. The largest absolute Gasteiger partial charge is 0.471 e. The topological polar surface area (TPSA) is 150 Å². The lowest BCUT2D eigenvalue weighted by Crippen LogP contribution is -2.40. The summed E-state index contributed by atoms with van der Waals surface area (Å²) < 4.78 is 22.3. The number of nitrogens with two attached hydrogens (primary N) is 1. The average molecular weight is 673 g/mol. The smallest absolute Gasteiger partial charge is 0.330 e. The molecule has 8 rings (SSSR count). The zero-order valence-corrected chi connectivity index (χ0v) is 29.2. The van der Waals surface area contributed by atoms with Gasteiger partial charge in [-0.2, -0.15) is 10.2 Å². The van der Waals surface area contributed by atoms with Gasteiger partial charge in [-0.3, -0.25) is 14.0 Å². The zero-order valence-electron chi connectivity index (χ0n) is 28.4. The highest BCUT2D eigenvalue weighted by Gasteiger charge is 2.48. The first kappa shape index (κ1) is 31.5. The van der Waals surface area contributed by atoms with Crippen molar-refractivity contribution < 1.29 is 14.0 Å². The molecule has 0 radical (unpaired) electrons. The molecule has 2 fully saturated rings. The van der Waals surface area contributed by atoms with Crippen LogP contribution in [-0.4, -0.2) is 67.6 Å². The third-order valence-corrected chi connectivity index (χ3v) is 12.7. The van der Waals surface area contributed by atoms with E-state index in [1.807, 2.05) is 0 Å². The Kier molecular flexibility index (Phi) is 7.69. The first-order valence-electron chi connectivity index (χ1n) is 17.4. The SMILES string of the molecule is C[C@@H]1COC[C@H](n2c(=O)n(C)c3c(O[C@@H](C)[C@@H]4CC[C@H](C)N4C)nc(-c4onc5c4CCC[C@@]54CCCc5sc(N)c(C#N)c54)nc32)C1. The Labute approximate surface area is 283 Å². The number of nitriles is 1. The third-order valence-electron chi connectivity index (χ3n) is 11.7. The second kappa shape index (κ2) is 11.7. The standard InChI is InChI=1S/C35H44N8O4S/c1-18-14-21(17-45-16-18)43-32-27(42(5)34(43)44)33(46-20(3)24-11-10-19(2)41(24)4)39-31(38-32)28-22-8-6-12-35(29(22)40-47-28)13-7-9-25-26(35)23(15-36)30(37)48-25/h18-21,24H,6-14,16-17,37H2,1-5H3/t18-,19-,20-,21+,24-,35-/m0/s1. The minimum atomic E-state index is -0.436. The van der Waals surface area contributed by atoms with E-state index in [0.717, 1.165) is 74.6 Å². The van der Waals surface area contributed by atoms with Crippen LogP contribution in [0.25, 0.3) is 22.7 Å². The van der Waals surface area contributed by atoms with Crippen LogP contribution in [-0.2, 0) is 30.0 Å². The molecule has 0 unspecified atom stereocenters. The van der Waals surface area contributed by atoms with E-state index in [1.165, 1.54) is 16.2 Å². The molecule has 1 spiro atoms. The van der Waals surface area contributed by atoms with Crippen LogP contribution in [0.2, 0.25) is 0 Å². The van der Waals surface area contributed by atoms with Crippen LogP contribution < -0.4 is 16.2 Å². The molecule has 6 atom stereocenters. The summed E-state index contributed by atoms with van der Waals surface area (Å²) in [5.41, 5.74) is 10.3. The van der Waals surface area contributed by atoms with Crippen molar-refractivity contribution in [3.63, 3.8) is 0 Å². The minimum Gasteiger partial charge on any atom is -0.471 e. The fourth-order valence-electron chi connectivity index (χ4n) is 9.13. The van der Waals surface area contributed by atoms with Gasteiger partial charge >= 0.3 is 5.69 Å². The van der Waals surface area contributed by atoms with E-state index < -0.39 is 5.41 Å². The molecule has 2 N–H and O–H groups in total. The van der Waals surface area contributed by atoms with Crippen molar-refractivity contribution in [3.05, 3.63) is 37.7 Å². The van der Waals surface area contributed by atoms with Crippen LogP contribution in [0.3, 0.4) is 0 Å². The lowest BCUT2D eigenvalue weighted by molar-refractivity contribution is 0.0257. The monoisotopic (exact) mass is 672 g/mol. The number of rotatable bonds is 5. The van der Waals surface area contributed by atoms with Crippen LogP contribution in [0.1, 0.15) is 99.0 Å². The highest BCUT2D eigenvalue weighted by atomic mass is 32.1. The maximum atomic E-state index is 14.0. The maximum Gasteiger partial charge on any atom is 0.330 e. The summed E-state index contributed by atoms with van der Waals surface area (Å²) in [5, 5.41) is 15.5. The molecule has 2 aliphatic heterocycles. The summed E-state index contributed by atoms with van der Waals surface area (Å²) >= 11 is 1.53. The van der Waals surface area contributed by atoms with Crippen LogP contribution in [0.4, 0.5) is 5.00 Å². The molecule has 4 aliphatic rings. The molecule has 0 amide bonds. The van der Waals surface area contributed by atoms with Gasteiger partial charge in [-0.05, 0) is 90.2 Å². The average Bonchev–Trinajstić information content (AvgIpc) is 3.81. The maximum absolute atomic E-state index is 14.0. The summed E-state index contributed by atoms with van der Waals surface area (Å²) in [6, 6.07) is 2.92. The molecule has 2 aliphatic carbocycles. The van der Waals surface area contributed by atoms with Gasteiger partial charge < -0.3 is 19.7 Å². The van der Waals surface area contributed by atoms with Crippen molar-refractivity contribution in [2.24, 2.45) is 13.0 Å². The Morgan fingerprint density at radius 2 is 1.94 bits per heavy atom. The number of likely N-dealkylation sites (tertiary alicyclic amines) is 1. The number of anilines is 1. The van der Waals surface area contributed by atoms with Gasteiger partial charge in [-0.15, -0.1) is 11.3 Å². The van der Waals surface area contributed by atoms with Gasteiger partial charge in [-0.25, -0.2) is 9.78 Å². The molecule has 0 aromatic carbocycles. The molecule has 0 saturated carbocycles. The van der Waals surface area contributed by atoms with Crippen LogP contribution in [0.5, 0.6) is 5.88 Å². The molecular formula is C35H44N8O4S. The highest BCUT2D eigenvalue weighted by Crippen LogP contribution is 2.54. The minimum absolute atomic E-state index is 0.166. The first-order valence-corrected chi connectivity index (χ1v) is 18.2. The molecule has 12 nitrogen and oxygen atoms in total. The van der Waals surface area contributed by atoms with E-state index in [4.69, 9.17) is 34.9 Å². The number of nitrogen functional groups attached to an aromatic ring is 1. The molecular weight excluding hydrogens is 629 g/mol. The van der Waals surface area contributed by atoms with Crippen molar-refractivity contribution >= 4 is 27.5 Å². The van der Waals surface area contributed by atoms with Gasteiger partial charge in [0.15, 0.2) is 11.2 Å². The number of likely N-dealkylation sites (N-methyl/N-ethyl adjacent to an activating group) is 1. The summed E-state index contributed by atoms with van der Waals surface area (Å²) in [7, 11) is 3.91. The fraction of sp³-hybridized carbons (Fsp3) is 0.629. The Hall–Kier alpha value is -3.73. The lowest BCUT2D eigenvalue weighted by Gasteiger charge is -2.39. The number of imidazole rings is 1. The lowest BCUT2D eigenvalue weighted by atomic mass is 9.62. The van der Waals surface area contributed by atoms with Gasteiger partial charge in [0.05, 0.1) is 23.9 Å².